The van der Waals surface area contributed by atoms with Crippen molar-refractivity contribution in [3.05, 3.63) is 51.2 Å². The van der Waals surface area contributed by atoms with E-state index in [1.54, 1.807) is 0 Å². The molecule has 0 spiro atoms. The minimum absolute atomic E-state index is 0.273. The molecule has 0 aliphatic carbocycles. The molecule has 2 aromatic heterocycles. The number of aromatic nitrogens is 3. The van der Waals surface area contributed by atoms with Gasteiger partial charge in [-0.25, -0.2) is 15.0 Å². The molecular weight excluding hydrogens is 436 g/mol. The molecule has 1 aliphatic heterocycles. The highest BCUT2D eigenvalue weighted by atomic mass is 35.5. The summed E-state index contributed by atoms with van der Waals surface area (Å²) in [5.41, 5.74) is 2.54. The number of carbonyl (C=O) groups excluding carboxylic acids is 1. The molecule has 3 N–H and O–H groups in total. The third kappa shape index (κ3) is 4.95. The number of aryl methyl sites for hydroxylation is 3. The van der Waals surface area contributed by atoms with Crippen LogP contribution in [0.5, 0.6) is 0 Å². The molecule has 0 saturated carbocycles. The molecule has 0 bridgehead atoms. The van der Waals surface area contributed by atoms with Gasteiger partial charge in [-0.05, 0) is 44.4 Å². The van der Waals surface area contributed by atoms with Crippen LogP contribution in [0.25, 0.3) is 0 Å². The van der Waals surface area contributed by atoms with Gasteiger partial charge < -0.3 is 20.6 Å². The standard InChI is InChI=1S/C21H23ClN6O2S/c1-11-6-12(2)19(15(22)7-11)27-20(30)16-9-23-21(31-16)26-17-8-18(25-13(3)24-17)28-5-4-14(29)10-28/h6-9,14,29H,4-5,10H2,1-3H3,(H,27,30)(H,23,24,25,26). The molecule has 1 unspecified atom stereocenters. The van der Waals surface area contributed by atoms with Crippen LogP contribution in [-0.2, 0) is 0 Å². The van der Waals surface area contributed by atoms with Crippen LogP contribution in [0.1, 0.15) is 33.0 Å². The average Bonchev–Trinajstić information content (AvgIpc) is 3.33. The fourth-order valence-electron chi connectivity index (χ4n) is 3.52. The van der Waals surface area contributed by atoms with Gasteiger partial charge in [0.2, 0.25) is 0 Å². The molecule has 3 heterocycles. The van der Waals surface area contributed by atoms with Gasteiger partial charge in [-0.15, -0.1) is 0 Å². The number of anilines is 4. The number of aliphatic hydroxyl groups is 1. The van der Waals surface area contributed by atoms with Gasteiger partial charge in [0.15, 0.2) is 5.13 Å². The molecule has 1 atom stereocenters. The number of carbonyl (C=O) groups is 1. The smallest absolute Gasteiger partial charge is 0.267 e. The van der Waals surface area contributed by atoms with Crippen molar-refractivity contribution in [2.45, 2.75) is 33.3 Å². The first-order valence-corrected chi connectivity index (χ1v) is 11.1. The van der Waals surface area contributed by atoms with Gasteiger partial charge in [-0.2, -0.15) is 0 Å². The summed E-state index contributed by atoms with van der Waals surface area (Å²) in [6.07, 6.45) is 1.91. The van der Waals surface area contributed by atoms with Crippen LogP contribution in [0.3, 0.4) is 0 Å². The number of thiazole rings is 1. The van der Waals surface area contributed by atoms with Crippen LogP contribution in [0.4, 0.5) is 22.5 Å². The topological polar surface area (TPSA) is 103 Å². The first kappa shape index (κ1) is 21.5. The normalized spacial score (nSPS) is 15.9. The summed E-state index contributed by atoms with van der Waals surface area (Å²) >= 11 is 7.52. The summed E-state index contributed by atoms with van der Waals surface area (Å²) in [5.74, 6) is 1.68. The van der Waals surface area contributed by atoms with Crippen LogP contribution in [-0.4, -0.2) is 45.2 Å². The minimum atomic E-state index is -0.336. The Morgan fingerprint density at radius 2 is 2.06 bits per heavy atom. The molecule has 1 aliphatic rings. The Bertz CT molecular complexity index is 1110. The fraction of sp³-hybridized carbons (Fsp3) is 0.333. The van der Waals surface area contributed by atoms with E-state index in [0.717, 1.165) is 29.9 Å². The molecule has 4 rings (SSSR count). The van der Waals surface area contributed by atoms with E-state index in [4.69, 9.17) is 11.6 Å². The van der Waals surface area contributed by atoms with E-state index in [1.165, 1.54) is 17.5 Å². The summed E-state index contributed by atoms with van der Waals surface area (Å²) in [6, 6.07) is 5.61. The number of β-amino-alcohol motifs (C(OH)–C–C–N with tert-alkyl or cyclic N) is 1. The Morgan fingerprint density at radius 1 is 1.26 bits per heavy atom. The Labute approximate surface area is 189 Å². The van der Waals surface area contributed by atoms with Gasteiger partial charge in [-0.3, -0.25) is 4.79 Å². The van der Waals surface area contributed by atoms with Crippen molar-refractivity contribution in [3.63, 3.8) is 0 Å². The number of aliphatic hydroxyl groups excluding tert-OH is 1. The Kier molecular flexibility index (Phi) is 6.08. The predicted octanol–water partition coefficient (Wildman–Crippen LogP) is 4.08. The molecule has 10 heteroatoms. The molecule has 3 aromatic rings. The fourth-order valence-corrected chi connectivity index (χ4v) is 4.61. The largest absolute Gasteiger partial charge is 0.391 e. The van der Waals surface area contributed by atoms with Gasteiger partial charge in [0.05, 0.1) is 23.0 Å². The Hall–Kier alpha value is -2.75. The van der Waals surface area contributed by atoms with Crippen LogP contribution >= 0.6 is 22.9 Å². The molecule has 162 valence electrons. The number of amides is 1. The van der Waals surface area contributed by atoms with Crippen molar-refractivity contribution in [1.29, 1.82) is 0 Å². The second kappa shape index (κ2) is 8.78. The number of benzene rings is 1. The summed E-state index contributed by atoms with van der Waals surface area (Å²) < 4.78 is 0. The maximum Gasteiger partial charge on any atom is 0.267 e. The van der Waals surface area contributed by atoms with Crippen molar-refractivity contribution >= 4 is 51.3 Å². The van der Waals surface area contributed by atoms with Gasteiger partial charge in [0, 0.05) is 19.2 Å². The summed E-state index contributed by atoms with van der Waals surface area (Å²) in [7, 11) is 0. The zero-order valence-corrected chi connectivity index (χ0v) is 19.0. The van der Waals surface area contributed by atoms with E-state index in [0.29, 0.717) is 38.9 Å². The molecule has 1 saturated heterocycles. The van der Waals surface area contributed by atoms with E-state index in [-0.39, 0.29) is 12.0 Å². The van der Waals surface area contributed by atoms with E-state index < -0.39 is 0 Å². The third-order valence-corrected chi connectivity index (χ3v) is 6.16. The monoisotopic (exact) mass is 458 g/mol. The molecule has 8 nitrogen and oxygen atoms in total. The van der Waals surface area contributed by atoms with Crippen LogP contribution in [0, 0.1) is 20.8 Å². The number of rotatable bonds is 5. The van der Waals surface area contributed by atoms with Crippen LogP contribution in [0.15, 0.2) is 24.4 Å². The summed E-state index contributed by atoms with van der Waals surface area (Å²) in [5, 5.41) is 16.9. The number of halogens is 1. The molecular formula is C21H23ClN6O2S. The number of hydrogen-bond donors (Lipinski definition) is 3. The van der Waals surface area contributed by atoms with Crippen molar-refractivity contribution in [2.24, 2.45) is 0 Å². The van der Waals surface area contributed by atoms with E-state index in [2.05, 4.69) is 25.6 Å². The maximum atomic E-state index is 12.7. The molecule has 1 aromatic carbocycles. The van der Waals surface area contributed by atoms with Gasteiger partial charge in [0.25, 0.3) is 5.91 Å². The highest BCUT2D eigenvalue weighted by Crippen LogP contribution is 2.30. The zero-order chi connectivity index (χ0) is 22.1. The van der Waals surface area contributed by atoms with Gasteiger partial charge in [-0.1, -0.05) is 29.0 Å². The Morgan fingerprint density at radius 3 is 2.77 bits per heavy atom. The Balaban J connectivity index is 1.48. The molecule has 0 radical (unpaired) electrons. The SMILES string of the molecule is Cc1cc(C)c(NC(=O)c2cnc(Nc3cc(N4CCC(O)C4)nc(C)n3)s2)c(Cl)c1. The lowest BCUT2D eigenvalue weighted by Crippen LogP contribution is -2.22. The van der Waals surface area contributed by atoms with Gasteiger partial charge >= 0.3 is 0 Å². The first-order chi connectivity index (χ1) is 14.8. The van der Waals surface area contributed by atoms with Crippen LogP contribution < -0.4 is 15.5 Å². The summed E-state index contributed by atoms with van der Waals surface area (Å²) in [4.78, 5) is 28.4. The van der Waals surface area contributed by atoms with E-state index in [9.17, 15) is 9.90 Å². The van der Waals surface area contributed by atoms with Gasteiger partial charge in [0.1, 0.15) is 22.3 Å². The first-order valence-electron chi connectivity index (χ1n) is 9.88. The van der Waals surface area contributed by atoms with E-state index >= 15 is 0 Å². The van der Waals surface area contributed by atoms with Crippen molar-refractivity contribution in [2.75, 3.05) is 28.6 Å². The minimum Gasteiger partial charge on any atom is -0.391 e. The molecule has 1 fully saturated rings. The summed E-state index contributed by atoms with van der Waals surface area (Å²) in [6.45, 7) is 6.98. The second-order valence-corrected chi connectivity index (χ2v) is 9.03. The highest BCUT2D eigenvalue weighted by molar-refractivity contribution is 7.17. The lowest BCUT2D eigenvalue weighted by atomic mass is 10.1. The molecule has 31 heavy (non-hydrogen) atoms. The lowest BCUT2D eigenvalue weighted by Gasteiger charge is -2.17. The maximum absolute atomic E-state index is 12.7. The number of nitrogens with zero attached hydrogens (tertiary/aromatic N) is 4. The lowest BCUT2D eigenvalue weighted by molar-refractivity contribution is 0.103. The van der Waals surface area contributed by atoms with Crippen molar-refractivity contribution in [3.8, 4) is 0 Å². The van der Waals surface area contributed by atoms with Crippen molar-refractivity contribution < 1.29 is 9.90 Å². The predicted molar refractivity (Wildman–Crippen MR) is 124 cm³/mol. The molecule has 1 amide bonds. The number of hydrogen-bond acceptors (Lipinski definition) is 8. The highest BCUT2D eigenvalue weighted by Gasteiger charge is 2.22. The average molecular weight is 459 g/mol. The number of nitrogens with one attached hydrogen (secondary N) is 2. The zero-order valence-electron chi connectivity index (χ0n) is 17.4. The quantitative estimate of drug-likeness (QED) is 0.529. The van der Waals surface area contributed by atoms with Crippen molar-refractivity contribution in [1.82, 2.24) is 15.0 Å². The van der Waals surface area contributed by atoms with Crippen LogP contribution in [0.2, 0.25) is 5.02 Å². The third-order valence-electron chi connectivity index (χ3n) is 4.95. The van der Waals surface area contributed by atoms with E-state index in [1.807, 2.05) is 43.9 Å². The second-order valence-electron chi connectivity index (χ2n) is 7.59.